The first-order valence-corrected chi connectivity index (χ1v) is 8.74. The molecule has 0 aromatic heterocycles. The van der Waals surface area contributed by atoms with Crippen LogP contribution in [0.25, 0.3) is 0 Å². The van der Waals surface area contributed by atoms with E-state index >= 15 is 0 Å². The van der Waals surface area contributed by atoms with Crippen molar-refractivity contribution in [2.75, 3.05) is 12.3 Å². The van der Waals surface area contributed by atoms with Gasteiger partial charge in [0.15, 0.2) is 9.84 Å². The quantitative estimate of drug-likeness (QED) is 0.925. The fourth-order valence-electron chi connectivity index (χ4n) is 2.35. The Balaban J connectivity index is 2.46. The van der Waals surface area contributed by atoms with Gasteiger partial charge in [-0.05, 0) is 49.6 Å². The molecule has 0 bridgehead atoms. The van der Waals surface area contributed by atoms with Crippen molar-refractivity contribution in [2.45, 2.75) is 37.1 Å². The lowest BCUT2D eigenvalue weighted by atomic mass is 10.0. The van der Waals surface area contributed by atoms with E-state index in [0.717, 1.165) is 35.8 Å². The van der Waals surface area contributed by atoms with Crippen LogP contribution in [-0.4, -0.2) is 20.7 Å². The van der Waals surface area contributed by atoms with Gasteiger partial charge in [-0.1, -0.05) is 22.9 Å². The molecule has 0 amide bonds. The van der Waals surface area contributed by atoms with Crippen LogP contribution in [0.3, 0.4) is 0 Å². The Hall–Kier alpha value is -0.390. The molecular weight excluding hydrogens is 314 g/mol. The highest BCUT2D eigenvalue weighted by molar-refractivity contribution is 9.10. The molecule has 100 valence electrons. The van der Waals surface area contributed by atoms with Crippen LogP contribution in [0.2, 0.25) is 0 Å². The fourth-order valence-corrected chi connectivity index (χ4v) is 4.33. The lowest BCUT2D eigenvalue weighted by Crippen LogP contribution is -2.22. The van der Waals surface area contributed by atoms with E-state index in [9.17, 15) is 8.42 Å². The summed E-state index contributed by atoms with van der Waals surface area (Å²) < 4.78 is 25.3. The van der Waals surface area contributed by atoms with E-state index in [1.165, 1.54) is 0 Å². The first-order chi connectivity index (χ1) is 8.54. The van der Waals surface area contributed by atoms with Crippen molar-refractivity contribution in [1.29, 1.82) is 0 Å². The first-order valence-electron chi connectivity index (χ1n) is 6.30. The van der Waals surface area contributed by atoms with Crippen molar-refractivity contribution >= 4 is 25.8 Å². The third-order valence-corrected chi connectivity index (χ3v) is 5.59. The zero-order valence-corrected chi connectivity index (χ0v) is 12.9. The SMILES string of the molecule is CCCNC1CCCS(=O)(=O)c2ccc(Br)cc21. The summed E-state index contributed by atoms with van der Waals surface area (Å²) in [6.07, 6.45) is 2.64. The summed E-state index contributed by atoms with van der Waals surface area (Å²) in [5, 5.41) is 3.45. The van der Waals surface area contributed by atoms with E-state index in [-0.39, 0.29) is 11.8 Å². The van der Waals surface area contributed by atoms with Gasteiger partial charge in [0, 0.05) is 10.5 Å². The normalized spacial score (nSPS) is 22.2. The van der Waals surface area contributed by atoms with Crippen molar-refractivity contribution in [3.63, 3.8) is 0 Å². The Bertz CT molecular complexity index is 528. The van der Waals surface area contributed by atoms with Crippen LogP contribution in [0.1, 0.15) is 37.8 Å². The standard InChI is InChI=1S/C13H18BrNO2S/c1-2-7-15-12-4-3-8-18(16,17)13-6-5-10(14)9-11(12)13/h5-6,9,12,15H,2-4,7-8H2,1H3. The molecule has 0 radical (unpaired) electrons. The van der Waals surface area contributed by atoms with E-state index in [1.54, 1.807) is 12.1 Å². The fraction of sp³-hybridized carbons (Fsp3) is 0.538. The molecule has 0 spiro atoms. The summed E-state index contributed by atoms with van der Waals surface area (Å²) in [5.41, 5.74) is 0.912. The van der Waals surface area contributed by atoms with E-state index in [4.69, 9.17) is 0 Å². The van der Waals surface area contributed by atoms with Gasteiger partial charge in [-0.15, -0.1) is 0 Å². The molecule has 1 heterocycles. The third-order valence-electron chi connectivity index (χ3n) is 3.23. The minimum Gasteiger partial charge on any atom is -0.310 e. The van der Waals surface area contributed by atoms with E-state index in [1.807, 2.05) is 6.07 Å². The molecule has 1 N–H and O–H groups in total. The van der Waals surface area contributed by atoms with Crippen LogP contribution in [0.4, 0.5) is 0 Å². The van der Waals surface area contributed by atoms with Crippen LogP contribution < -0.4 is 5.32 Å². The number of hydrogen-bond donors (Lipinski definition) is 1. The maximum absolute atomic E-state index is 12.2. The second-order valence-corrected chi connectivity index (χ2v) is 7.64. The van der Waals surface area contributed by atoms with Crippen molar-refractivity contribution in [1.82, 2.24) is 5.32 Å². The highest BCUT2D eigenvalue weighted by atomic mass is 79.9. The molecule has 1 aliphatic rings. The predicted molar refractivity (Wildman–Crippen MR) is 76.5 cm³/mol. The van der Waals surface area contributed by atoms with Crippen molar-refractivity contribution in [3.05, 3.63) is 28.2 Å². The Labute approximate surface area is 117 Å². The number of benzene rings is 1. The van der Waals surface area contributed by atoms with Gasteiger partial charge in [-0.2, -0.15) is 0 Å². The van der Waals surface area contributed by atoms with Gasteiger partial charge in [0.25, 0.3) is 0 Å². The predicted octanol–water partition coefficient (Wildman–Crippen LogP) is 3.06. The second-order valence-electron chi connectivity index (χ2n) is 4.65. The molecule has 3 nitrogen and oxygen atoms in total. The molecule has 1 aliphatic heterocycles. The number of nitrogens with one attached hydrogen (secondary N) is 1. The third kappa shape index (κ3) is 2.95. The summed E-state index contributed by atoms with van der Waals surface area (Å²) >= 11 is 3.43. The van der Waals surface area contributed by atoms with Crippen molar-refractivity contribution in [2.24, 2.45) is 0 Å². The van der Waals surface area contributed by atoms with Crippen LogP contribution in [-0.2, 0) is 9.84 Å². The van der Waals surface area contributed by atoms with E-state index in [2.05, 4.69) is 28.2 Å². The van der Waals surface area contributed by atoms with Crippen LogP contribution in [0.15, 0.2) is 27.6 Å². The van der Waals surface area contributed by atoms with Gasteiger partial charge in [0.1, 0.15) is 0 Å². The molecule has 0 saturated carbocycles. The van der Waals surface area contributed by atoms with Gasteiger partial charge in [-0.25, -0.2) is 8.42 Å². The van der Waals surface area contributed by atoms with Gasteiger partial charge < -0.3 is 5.32 Å². The highest BCUT2D eigenvalue weighted by Gasteiger charge is 2.27. The van der Waals surface area contributed by atoms with Gasteiger partial charge >= 0.3 is 0 Å². The Morgan fingerprint density at radius 2 is 2.22 bits per heavy atom. The average molecular weight is 332 g/mol. The number of sulfone groups is 1. The van der Waals surface area contributed by atoms with Crippen LogP contribution >= 0.6 is 15.9 Å². The average Bonchev–Trinajstić information content (AvgIpc) is 2.43. The second kappa shape index (κ2) is 5.72. The van der Waals surface area contributed by atoms with Gasteiger partial charge in [-0.3, -0.25) is 0 Å². The molecule has 18 heavy (non-hydrogen) atoms. The Morgan fingerprint density at radius 1 is 1.44 bits per heavy atom. The summed E-state index contributed by atoms with van der Waals surface area (Å²) in [5.74, 6) is 0.256. The summed E-state index contributed by atoms with van der Waals surface area (Å²) in [6.45, 7) is 3.03. The van der Waals surface area contributed by atoms with Crippen LogP contribution in [0.5, 0.6) is 0 Å². The monoisotopic (exact) mass is 331 g/mol. The van der Waals surface area contributed by atoms with Crippen molar-refractivity contribution < 1.29 is 8.42 Å². The molecule has 1 unspecified atom stereocenters. The molecule has 0 fully saturated rings. The minimum atomic E-state index is -3.11. The highest BCUT2D eigenvalue weighted by Crippen LogP contribution is 2.33. The number of hydrogen-bond acceptors (Lipinski definition) is 3. The lowest BCUT2D eigenvalue weighted by molar-refractivity contribution is 0.493. The molecule has 1 atom stereocenters. The number of rotatable bonds is 3. The van der Waals surface area contributed by atoms with Gasteiger partial charge in [0.05, 0.1) is 10.6 Å². The van der Waals surface area contributed by atoms with Gasteiger partial charge in [0.2, 0.25) is 0 Å². The zero-order chi connectivity index (χ0) is 13.2. The topological polar surface area (TPSA) is 46.2 Å². The summed E-state index contributed by atoms with van der Waals surface area (Å²) in [7, 11) is -3.11. The number of halogens is 1. The van der Waals surface area contributed by atoms with Crippen LogP contribution in [0, 0.1) is 0 Å². The largest absolute Gasteiger partial charge is 0.310 e. The molecular formula is C13H18BrNO2S. The number of fused-ring (bicyclic) bond motifs is 1. The minimum absolute atomic E-state index is 0.148. The van der Waals surface area contributed by atoms with E-state index < -0.39 is 9.84 Å². The van der Waals surface area contributed by atoms with Crippen molar-refractivity contribution in [3.8, 4) is 0 Å². The Kier molecular flexibility index (Phi) is 4.45. The molecule has 1 aromatic rings. The van der Waals surface area contributed by atoms with E-state index in [0.29, 0.717) is 4.90 Å². The smallest absolute Gasteiger partial charge is 0.178 e. The molecule has 1 aromatic carbocycles. The summed E-state index contributed by atoms with van der Waals surface area (Å²) in [4.78, 5) is 0.497. The molecule has 5 heteroatoms. The first kappa shape index (κ1) is 14.0. The Morgan fingerprint density at radius 3 is 2.94 bits per heavy atom. The zero-order valence-electron chi connectivity index (χ0n) is 10.4. The lowest BCUT2D eigenvalue weighted by Gasteiger charge is -2.18. The molecule has 0 aliphatic carbocycles. The maximum Gasteiger partial charge on any atom is 0.178 e. The summed E-state index contributed by atoms with van der Waals surface area (Å²) in [6, 6.07) is 5.61. The molecule has 2 rings (SSSR count). The molecule has 0 saturated heterocycles. The maximum atomic E-state index is 12.2.